The lowest BCUT2D eigenvalue weighted by molar-refractivity contribution is 0.595. The Labute approximate surface area is 107 Å². The van der Waals surface area contributed by atoms with Gasteiger partial charge in [0.1, 0.15) is 5.01 Å². The highest BCUT2D eigenvalue weighted by Crippen LogP contribution is 2.26. The normalized spacial score (nSPS) is 11.9. The highest BCUT2D eigenvalue weighted by Gasteiger charge is 2.24. The zero-order chi connectivity index (χ0) is 12.6. The van der Waals surface area contributed by atoms with Crippen molar-refractivity contribution >= 4 is 22.8 Å². The lowest BCUT2D eigenvalue weighted by atomic mass is 10.1. The summed E-state index contributed by atoms with van der Waals surface area (Å²) in [6.07, 6.45) is 5.10. The lowest BCUT2D eigenvalue weighted by Crippen LogP contribution is -2.29. The van der Waals surface area contributed by atoms with Crippen molar-refractivity contribution < 1.29 is 0 Å². The molecule has 0 aliphatic carbocycles. The average Bonchev–Trinajstić information content (AvgIpc) is 3.00. The Morgan fingerprint density at radius 1 is 1.33 bits per heavy atom. The van der Waals surface area contributed by atoms with Crippen molar-refractivity contribution in [2.24, 2.45) is 0 Å². The number of nitrogens with one attached hydrogen (secondary N) is 1. The molecule has 0 amide bonds. The SMILES string of the molecule is CC(C)(Nc1cncc2nnnn12)c1nccs1. The second kappa shape index (κ2) is 3.98. The van der Waals surface area contributed by atoms with Crippen LogP contribution in [-0.4, -0.2) is 30.0 Å². The van der Waals surface area contributed by atoms with Gasteiger partial charge < -0.3 is 5.32 Å². The standard InChI is InChI=1S/C10H11N7S/c1-10(2,9-12-3-4-18-9)13-7-5-11-6-8-14-15-16-17(7)8/h3-6,13H,1-2H3. The molecule has 0 atom stereocenters. The first-order valence-corrected chi connectivity index (χ1v) is 6.25. The minimum atomic E-state index is -0.309. The van der Waals surface area contributed by atoms with E-state index in [1.165, 1.54) is 0 Å². The number of thiazole rings is 1. The van der Waals surface area contributed by atoms with Gasteiger partial charge in [-0.05, 0) is 24.3 Å². The summed E-state index contributed by atoms with van der Waals surface area (Å²) in [4.78, 5) is 8.43. The molecule has 3 aromatic heterocycles. The van der Waals surface area contributed by atoms with Crippen molar-refractivity contribution in [3.63, 3.8) is 0 Å². The molecule has 3 aromatic rings. The minimum absolute atomic E-state index is 0.309. The van der Waals surface area contributed by atoms with Crippen LogP contribution in [0.3, 0.4) is 0 Å². The Morgan fingerprint density at radius 3 is 3.00 bits per heavy atom. The van der Waals surface area contributed by atoms with Crippen molar-refractivity contribution in [1.82, 2.24) is 30.0 Å². The summed E-state index contributed by atoms with van der Waals surface area (Å²) in [6, 6.07) is 0. The molecule has 92 valence electrons. The van der Waals surface area contributed by atoms with Crippen molar-refractivity contribution in [2.75, 3.05) is 5.32 Å². The van der Waals surface area contributed by atoms with Gasteiger partial charge in [0.25, 0.3) is 0 Å². The van der Waals surface area contributed by atoms with Gasteiger partial charge >= 0.3 is 0 Å². The van der Waals surface area contributed by atoms with E-state index in [-0.39, 0.29) is 5.54 Å². The summed E-state index contributed by atoms with van der Waals surface area (Å²) in [6.45, 7) is 4.10. The number of aromatic nitrogens is 6. The van der Waals surface area contributed by atoms with Crippen LogP contribution in [0.1, 0.15) is 18.9 Å². The maximum atomic E-state index is 4.33. The van der Waals surface area contributed by atoms with Crippen molar-refractivity contribution in [3.05, 3.63) is 29.0 Å². The van der Waals surface area contributed by atoms with Crippen LogP contribution >= 0.6 is 11.3 Å². The zero-order valence-electron chi connectivity index (χ0n) is 9.90. The van der Waals surface area contributed by atoms with Crippen LogP contribution in [-0.2, 0) is 5.54 Å². The minimum Gasteiger partial charge on any atom is -0.357 e. The summed E-state index contributed by atoms with van der Waals surface area (Å²) < 4.78 is 1.61. The first-order chi connectivity index (χ1) is 8.67. The van der Waals surface area contributed by atoms with Gasteiger partial charge in [-0.25, -0.2) is 4.98 Å². The maximum absolute atomic E-state index is 4.33. The lowest BCUT2D eigenvalue weighted by Gasteiger charge is -2.24. The molecule has 7 nitrogen and oxygen atoms in total. The third-order valence-electron chi connectivity index (χ3n) is 2.52. The first kappa shape index (κ1) is 11.0. The molecule has 0 saturated heterocycles. The smallest absolute Gasteiger partial charge is 0.199 e. The third kappa shape index (κ3) is 1.80. The van der Waals surface area contributed by atoms with E-state index in [1.807, 2.05) is 5.38 Å². The Morgan fingerprint density at radius 2 is 2.22 bits per heavy atom. The fourth-order valence-electron chi connectivity index (χ4n) is 1.67. The molecule has 0 aliphatic heterocycles. The Hall–Kier alpha value is -2.09. The molecule has 0 bridgehead atoms. The van der Waals surface area contributed by atoms with E-state index in [2.05, 4.69) is 44.7 Å². The van der Waals surface area contributed by atoms with Crippen LogP contribution in [0.15, 0.2) is 24.0 Å². The van der Waals surface area contributed by atoms with Crippen molar-refractivity contribution in [3.8, 4) is 0 Å². The second-order valence-electron chi connectivity index (χ2n) is 4.33. The monoisotopic (exact) mass is 261 g/mol. The van der Waals surface area contributed by atoms with Gasteiger partial charge in [-0.2, -0.15) is 4.52 Å². The van der Waals surface area contributed by atoms with Gasteiger partial charge in [0.2, 0.25) is 0 Å². The second-order valence-corrected chi connectivity index (χ2v) is 5.22. The first-order valence-electron chi connectivity index (χ1n) is 5.37. The number of hydrogen-bond donors (Lipinski definition) is 1. The molecule has 0 aliphatic rings. The number of hydrogen-bond acceptors (Lipinski definition) is 7. The summed E-state index contributed by atoms with van der Waals surface area (Å²) >= 11 is 1.60. The van der Waals surface area contributed by atoms with Crippen LogP contribution in [0.25, 0.3) is 5.65 Å². The van der Waals surface area contributed by atoms with Crippen LogP contribution in [0, 0.1) is 0 Å². The number of anilines is 1. The van der Waals surface area contributed by atoms with Gasteiger partial charge in [0, 0.05) is 11.6 Å². The largest absolute Gasteiger partial charge is 0.357 e. The molecule has 8 heteroatoms. The van der Waals surface area contributed by atoms with E-state index >= 15 is 0 Å². The van der Waals surface area contributed by atoms with E-state index in [0.717, 1.165) is 10.8 Å². The van der Waals surface area contributed by atoms with Gasteiger partial charge in [-0.15, -0.1) is 16.4 Å². The fraction of sp³-hybridized carbons (Fsp3) is 0.300. The van der Waals surface area contributed by atoms with Crippen LogP contribution in [0.4, 0.5) is 5.82 Å². The van der Waals surface area contributed by atoms with Crippen LogP contribution in [0.2, 0.25) is 0 Å². The Balaban J connectivity index is 1.99. The molecular weight excluding hydrogens is 250 g/mol. The number of rotatable bonds is 3. The van der Waals surface area contributed by atoms with Crippen LogP contribution < -0.4 is 5.32 Å². The van der Waals surface area contributed by atoms with Crippen molar-refractivity contribution in [2.45, 2.75) is 19.4 Å². The molecule has 0 radical (unpaired) electrons. The van der Waals surface area contributed by atoms with Crippen LogP contribution in [0.5, 0.6) is 0 Å². The summed E-state index contributed by atoms with van der Waals surface area (Å²) in [7, 11) is 0. The molecule has 0 aromatic carbocycles. The molecule has 3 heterocycles. The quantitative estimate of drug-likeness (QED) is 0.766. The van der Waals surface area contributed by atoms with E-state index in [9.17, 15) is 0 Å². The molecule has 18 heavy (non-hydrogen) atoms. The third-order valence-corrected chi connectivity index (χ3v) is 3.61. The number of nitrogens with zero attached hydrogens (tertiary/aromatic N) is 6. The van der Waals surface area contributed by atoms with E-state index in [4.69, 9.17) is 0 Å². The van der Waals surface area contributed by atoms with Gasteiger partial charge in [0.05, 0.1) is 17.9 Å². The molecule has 0 spiro atoms. The van der Waals surface area contributed by atoms with Gasteiger partial charge in [0.15, 0.2) is 11.5 Å². The highest BCUT2D eigenvalue weighted by molar-refractivity contribution is 7.09. The number of fused-ring (bicyclic) bond motifs is 1. The molecule has 0 fully saturated rings. The molecule has 1 N–H and O–H groups in total. The highest BCUT2D eigenvalue weighted by atomic mass is 32.1. The van der Waals surface area contributed by atoms with E-state index in [0.29, 0.717) is 5.65 Å². The fourth-order valence-corrected chi connectivity index (χ4v) is 2.38. The van der Waals surface area contributed by atoms with E-state index in [1.54, 1.807) is 34.4 Å². The zero-order valence-corrected chi connectivity index (χ0v) is 10.7. The molecule has 0 saturated carbocycles. The Bertz CT molecular complexity index is 658. The predicted molar refractivity (Wildman–Crippen MR) is 67.3 cm³/mol. The Kier molecular flexibility index (Phi) is 2.44. The number of tetrazole rings is 1. The average molecular weight is 261 g/mol. The summed E-state index contributed by atoms with van der Waals surface area (Å²) in [5, 5.41) is 17.7. The summed E-state index contributed by atoms with van der Waals surface area (Å²) in [5.74, 6) is 0.734. The summed E-state index contributed by atoms with van der Waals surface area (Å²) in [5.41, 5.74) is 0.297. The topological polar surface area (TPSA) is 80.9 Å². The van der Waals surface area contributed by atoms with E-state index < -0.39 is 0 Å². The van der Waals surface area contributed by atoms with Gasteiger partial charge in [-0.1, -0.05) is 0 Å². The molecule has 0 unspecified atom stereocenters. The maximum Gasteiger partial charge on any atom is 0.199 e. The molecular formula is C10H11N7S. The van der Waals surface area contributed by atoms with Gasteiger partial charge in [-0.3, -0.25) is 4.98 Å². The molecule has 3 rings (SSSR count). The predicted octanol–water partition coefficient (Wildman–Crippen LogP) is 1.32. The van der Waals surface area contributed by atoms with Crippen molar-refractivity contribution in [1.29, 1.82) is 0 Å².